The zero-order valence-corrected chi connectivity index (χ0v) is 15.5. The molecule has 1 N–H and O–H groups in total. The molecule has 0 heterocycles. The van der Waals surface area contributed by atoms with Crippen LogP contribution in [0.2, 0.25) is 0 Å². The van der Waals surface area contributed by atoms with Gasteiger partial charge in [-0.3, -0.25) is 9.59 Å². The van der Waals surface area contributed by atoms with Crippen molar-refractivity contribution in [2.45, 2.75) is 57.6 Å². The third-order valence-electron chi connectivity index (χ3n) is 6.44. The summed E-state index contributed by atoms with van der Waals surface area (Å²) < 4.78 is 11.0. The lowest BCUT2D eigenvalue weighted by molar-refractivity contribution is -0.177. The van der Waals surface area contributed by atoms with E-state index in [0.717, 1.165) is 43.4 Å². The van der Waals surface area contributed by atoms with Crippen LogP contribution in [0.15, 0.2) is 24.3 Å². The van der Waals surface area contributed by atoms with Crippen molar-refractivity contribution in [3.8, 4) is 5.75 Å². The molecule has 0 spiro atoms. The summed E-state index contributed by atoms with van der Waals surface area (Å²) in [5.74, 6) is 1.72. The monoisotopic (exact) mass is 357 g/mol. The van der Waals surface area contributed by atoms with Crippen LogP contribution in [-0.2, 0) is 20.9 Å². The molecule has 4 fully saturated rings. The minimum atomic E-state index is -0.425. The largest absolute Gasteiger partial charge is 0.497 e. The van der Waals surface area contributed by atoms with Crippen LogP contribution < -0.4 is 10.1 Å². The number of carbonyl (C=O) groups excluding carboxylic acids is 2. The second kappa shape index (κ2) is 6.29. The number of hydrogen-bond donors (Lipinski definition) is 1. The maximum Gasteiger partial charge on any atom is 0.312 e. The second-order valence-electron chi connectivity index (χ2n) is 8.63. The molecule has 4 bridgehead atoms. The van der Waals surface area contributed by atoms with Crippen LogP contribution in [0.3, 0.4) is 0 Å². The lowest BCUT2D eigenvalue weighted by Crippen LogP contribution is -2.64. The third-order valence-corrected chi connectivity index (χ3v) is 6.44. The van der Waals surface area contributed by atoms with Crippen molar-refractivity contribution in [1.82, 2.24) is 5.32 Å². The maximum absolute atomic E-state index is 13.1. The Morgan fingerprint density at radius 1 is 1.19 bits per heavy atom. The summed E-state index contributed by atoms with van der Waals surface area (Å²) in [5.41, 5.74) is 0.301. The quantitative estimate of drug-likeness (QED) is 0.822. The molecule has 0 aliphatic heterocycles. The van der Waals surface area contributed by atoms with Crippen LogP contribution in [0, 0.1) is 17.3 Å². The van der Waals surface area contributed by atoms with Gasteiger partial charge in [0.15, 0.2) is 0 Å². The average molecular weight is 357 g/mol. The van der Waals surface area contributed by atoms with Crippen molar-refractivity contribution in [3.63, 3.8) is 0 Å². The summed E-state index contributed by atoms with van der Waals surface area (Å²) in [5, 5.41) is 3.19. The van der Waals surface area contributed by atoms with E-state index in [1.807, 2.05) is 24.3 Å². The fourth-order valence-corrected chi connectivity index (χ4v) is 6.09. The van der Waals surface area contributed by atoms with Gasteiger partial charge >= 0.3 is 5.97 Å². The van der Waals surface area contributed by atoms with E-state index in [4.69, 9.17) is 9.47 Å². The third kappa shape index (κ3) is 3.08. The minimum absolute atomic E-state index is 0.00634. The Morgan fingerprint density at radius 3 is 2.58 bits per heavy atom. The van der Waals surface area contributed by atoms with E-state index in [1.54, 1.807) is 14.0 Å². The molecule has 0 saturated heterocycles. The second-order valence-corrected chi connectivity index (χ2v) is 8.63. The smallest absolute Gasteiger partial charge is 0.312 e. The van der Waals surface area contributed by atoms with Crippen molar-refractivity contribution in [3.05, 3.63) is 29.8 Å². The predicted octanol–water partition coefficient (Wildman–Crippen LogP) is 3.21. The molecular weight excluding hydrogens is 330 g/mol. The Balaban J connectivity index is 1.49. The first-order valence-corrected chi connectivity index (χ1v) is 9.51. The normalized spacial score (nSPS) is 34.4. The number of hydrogen-bond acceptors (Lipinski definition) is 4. The predicted molar refractivity (Wildman–Crippen MR) is 96.5 cm³/mol. The summed E-state index contributed by atoms with van der Waals surface area (Å²) in [6.45, 7) is 1.84. The topological polar surface area (TPSA) is 64.6 Å². The van der Waals surface area contributed by atoms with Crippen molar-refractivity contribution in [1.29, 1.82) is 0 Å². The fourth-order valence-electron chi connectivity index (χ4n) is 6.09. The number of rotatable bonds is 5. The molecule has 1 aromatic rings. The Morgan fingerprint density at radius 2 is 1.92 bits per heavy atom. The van der Waals surface area contributed by atoms with Gasteiger partial charge in [-0.15, -0.1) is 0 Å². The van der Waals surface area contributed by atoms with Gasteiger partial charge in [0, 0.05) is 12.5 Å². The molecule has 5 rings (SSSR count). The van der Waals surface area contributed by atoms with E-state index in [1.165, 1.54) is 6.42 Å². The highest BCUT2D eigenvalue weighted by Crippen LogP contribution is 2.62. The highest BCUT2D eigenvalue weighted by atomic mass is 16.5. The first kappa shape index (κ1) is 17.4. The zero-order chi connectivity index (χ0) is 18.4. The number of esters is 1. The number of carbonyl (C=O) groups is 2. The maximum atomic E-state index is 13.1. The molecule has 4 aliphatic carbocycles. The summed E-state index contributed by atoms with van der Waals surface area (Å²) in [6.07, 6.45) is 5.74. The van der Waals surface area contributed by atoms with Crippen LogP contribution >= 0.6 is 0 Å². The molecule has 0 radical (unpaired) electrons. The van der Waals surface area contributed by atoms with Gasteiger partial charge in [-0.1, -0.05) is 12.1 Å². The van der Waals surface area contributed by atoms with Gasteiger partial charge in [0.05, 0.1) is 12.5 Å². The molecule has 0 aromatic heterocycles. The average Bonchev–Trinajstić information content (AvgIpc) is 2.57. The molecule has 1 aromatic carbocycles. The summed E-state index contributed by atoms with van der Waals surface area (Å²) >= 11 is 0. The van der Waals surface area contributed by atoms with Crippen LogP contribution in [0.25, 0.3) is 0 Å². The summed E-state index contributed by atoms with van der Waals surface area (Å²) in [6, 6.07) is 7.61. The highest BCUT2D eigenvalue weighted by molar-refractivity contribution is 5.79. The first-order chi connectivity index (χ1) is 12.4. The Bertz CT molecular complexity index is 714. The Hall–Kier alpha value is -2.04. The number of nitrogens with one attached hydrogen (secondary N) is 1. The van der Waals surface area contributed by atoms with Crippen molar-refractivity contribution < 1.29 is 19.1 Å². The van der Waals surface area contributed by atoms with Gasteiger partial charge in [-0.2, -0.15) is 0 Å². The number of amides is 1. The van der Waals surface area contributed by atoms with E-state index in [-0.39, 0.29) is 24.0 Å². The molecule has 5 nitrogen and oxygen atoms in total. The number of ether oxygens (including phenoxy) is 2. The Labute approximate surface area is 154 Å². The standard InChI is InChI=1S/C21H27NO4/c1-14(23)22-21-10-16-6-17(11-21)9-20(8-16,13-21)19(24)26-12-15-4-3-5-18(7-15)25-2/h3-5,7,16-17H,6,8-13H2,1-2H3,(H,22,23). The SMILES string of the molecule is COc1cccc(COC(=O)C23CC4CC(CC(NC(C)=O)(C4)C2)C3)c1. The number of benzene rings is 1. The molecule has 4 saturated carbocycles. The van der Waals surface area contributed by atoms with Crippen LogP contribution in [0.5, 0.6) is 5.75 Å². The molecule has 2 atom stereocenters. The summed E-state index contributed by atoms with van der Waals surface area (Å²) in [4.78, 5) is 24.8. The lowest BCUT2D eigenvalue weighted by Gasteiger charge is -2.60. The van der Waals surface area contributed by atoms with Gasteiger partial charge in [0.2, 0.25) is 5.91 Å². The zero-order valence-electron chi connectivity index (χ0n) is 15.5. The van der Waals surface area contributed by atoms with Gasteiger partial charge in [0.1, 0.15) is 12.4 Å². The van der Waals surface area contributed by atoms with E-state index in [9.17, 15) is 9.59 Å². The molecule has 5 heteroatoms. The molecule has 4 aliphatic rings. The molecule has 140 valence electrons. The van der Waals surface area contributed by atoms with Gasteiger partial charge in [-0.05, 0) is 68.1 Å². The molecular formula is C21H27NO4. The number of methoxy groups -OCH3 is 1. The van der Waals surface area contributed by atoms with E-state index in [2.05, 4.69) is 5.32 Å². The first-order valence-electron chi connectivity index (χ1n) is 9.51. The Kier molecular flexibility index (Phi) is 4.20. The van der Waals surface area contributed by atoms with Crippen LogP contribution in [-0.4, -0.2) is 24.5 Å². The molecule has 2 unspecified atom stereocenters. The molecule has 26 heavy (non-hydrogen) atoms. The molecule has 1 amide bonds. The van der Waals surface area contributed by atoms with Gasteiger partial charge in [0.25, 0.3) is 0 Å². The van der Waals surface area contributed by atoms with Gasteiger partial charge in [-0.25, -0.2) is 0 Å². The van der Waals surface area contributed by atoms with Crippen LogP contribution in [0.1, 0.15) is 51.0 Å². The van der Waals surface area contributed by atoms with Crippen molar-refractivity contribution in [2.75, 3.05) is 7.11 Å². The van der Waals surface area contributed by atoms with Crippen molar-refractivity contribution in [2.24, 2.45) is 17.3 Å². The van der Waals surface area contributed by atoms with E-state index >= 15 is 0 Å². The van der Waals surface area contributed by atoms with Crippen molar-refractivity contribution >= 4 is 11.9 Å². The highest BCUT2D eigenvalue weighted by Gasteiger charge is 2.61. The summed E-state index contributed by atoms with van der Waals surface area (Å²) in [7, 11) is 1.63. The minimum Gasteiger partial charge on any atom is -0.497 e. The van der Waals surface area contributed by atoms with Gasteiger partial charge < -0.3 is 14.8 Å². The van der Waals surface area contributed by atoms with Crippen LogP contribution in [0.4, 0.5) is 0 Å². The van der Waals surface area contributed by atoms with E-state index in [0.29, 0.717) is 11.8 Å². The lowest BCUT2D eigenvalue weighted by atomic mass is 9.47. The fraction of sp³-hybridized carbons (Fsp3) is 0.619. The van der Waals surface area contributed by atoms with E-state index < -0.39 is 5.41 Å².